The van der Waals surface area contributed by atoms with Crippen LogP contribution in [0.1, 0.15) is 37.8 Å². The van der Waals surface area contributed by atoms with Gasteiger partial charge in [0.2, 0.25) is 0 Å². The van der Waals surface area contributed by atoms with Crippen LogP contribution in [0.5, 0.6) is 0 Å². The molecule has 114 valence electrons. The first-order chi connectivity index (χ1) is 9.20. The van der Waals surface area contributed by atoms with E-state index in [0.29, 0.717) is 6.04 Å². The zero-order valence-electron chi connectivity index (χ0n) is 12.4. The maximum Gasteiger partial charge on any atom is 0.0320 e. The highest BCUT2D eigenvalue weighted by Gasteiger charge is 2.23. The second-order valence-corrected chi connectivity index (χ2v) is 6.52. The van der Waals surface area contributed by atoms with Crippen molar-refractivity contribution < 1.29 is 0 Å². The molecule has 0 amide bonds. The van der Waals surface area contributed by atoms with Crippen molar-refractivity contribution in [3.8, 4) is 0 Å². The van der Waals surface area contributed by atoms with Crippen LogP contribution < -0.4 is 5.32 Å². The van der Waals surface area contributed by atoms with E-state index in [1.165, 1.54) is 42.4 Å². The molecule has 1 aromatic rings. The first kappa shape index (κ1) is 18.0. The summed E-state index contributed by atoms with van der Waals surface area (Å²) in [5, 5.41) is 3.26. The van der Waals surface area contributed by atoms with E-state index in [9.17, 15) is 0 Å². The number of halogens is 2. The van der Waals surface area contributed by atoms with Gasteiger partial charge in [0, 0.05) is 10.5 Å². The van der Waals surface area contributed by atoms with Crippen molar-refractivity contribution in [1.29, 1.82) is 0 Å². The number of likely N-dealkylation sites (tertiary alicyclic amines) is 1. The molecule has 1 atom stereocenters. The van der Waals surface area contributed by atoms with Crippen LogP contribution in [0.2, 0.25) is 0 Å². The maximum absolute atomic E-state index is 3.57. The molecular formula is C16H26BrClN2. The molecule has 0 aliphatic carbocycles. The first-order valence-corrected chi connectivity index (χ1v) is 8.14. The first-order valence-electron chi connectivity index (χ1n) is 7.35. The van der Waals surface area contributed by atoms with E-state index in [2.05, 4.69) is 57.3 Å². The smallest absolute Gasteiger partial charge is 0.0320 e. The fourth-order valence-electron chi connectivity index (χ4n) is 2.95. The van der Waals surface area contributed by atoms with Gasteiger partial charge in [0.15, 0.2) is 0 Å². The third-order valence-corrected chi connectivity index (χ3v) is 4.82. The predicted octanol–water partition coefficient (Wildman–Crippen LogP) is 4.25. The number of benzene rings is 1. The van der Waals surface area contributed by atoms with Gasteiger partial charge in [0.25, 0.3) is 0 Å². The van der Waals surface area contributed by atoms with Crippen molar-refractivity contribution in [2.24, 2.45) is 5.92 Å². The zero-order valence-corrected chi connectivity index (χ0v) is 14.8. The molecular weight excluding hydrogens is 336 g/mol. The standard InChI is InChI=1S/C16H25BrN2.ClH/c1-13(15-4-3-5-16(17)12-15)19-10-7-14(8-11-19)6-9-18-2;/h3-5,12-14,18H,6-11H2,1-2H3;1H. The number of piperidine rings is 1. The van der Waals surface area contributed by atoms with Crippen LogP contribution in [0.3, 0.4) is 0 Å². The molecule has 1 aliphatic heterocycles. The van der Waals surface area contributed by atoms with Gasteiger partial charge in [-0.25, -0.2) is 0 Å². The normalized spacial score (nSPS) is 18.6. The molecule has 1 fully saturated rings. The van der Waals surface area contributed by atoms with Crippen molar-refractivity contribution in [3.63, 3.8) is 0 Å². The van der Waals surface area contributed by atoms with Gasteiger partial charge >= 0.3 is 0 Å². The molecule has 0 bridgehead atoms. The van der Waals surface area contributed by atoms with Crippen LogP contribution in [0.15, 0.2) is 28.7 Å². The van der Waals surface area contributed by atoms with E-state index in [0.717, 1.165) is 12.5 Å². The van der Waals surface area contributed by atoms with Crippen molar-refractivity contribution in [2.75, 3.05) is 26.7 Å². The van der Waals surface area contributed by atoms with E-state index >= 15 is 0 Å². The van der Waals surface area contributed by atoms with Crippen LogP contribution in [-0.4, -0.2) is 31.6 Å². The minimum Gasteiger partial charge on any atom is -0.320 e. The van der Waals surface area contributed by atoms with Crippen LogP contribution in [0, 0.1) is 5.92 Å². The summed E-state index contributed by atoms with van der Waals surface area (Å²) in [5.74, 6) is 0.915. The molecule has 2 nitrogen and oxygen atoms in total. The van der Waals surface area contributed by atoms with Crippen molar-refractivity contribution in [1.82, 2.24) is 10.2 Å². The molecule has 0 radical (unpaired) electrons. The second-order valence-electron chi connectivity index (χ2n) is 5.60. The summed E-state index contributed by atoms with van der Waals surface area (Å²) in [6.07, 6.45) is 4.02. The predicted molar refractivity (Wildman–Crippen MR) is 92.6 cm³/mol. The highest BCUT2D eigenvalue weighted by atomic mass is 79.9. The Labute approximate surface area is 137 Å². The number of hydrogen-bond acceptors (Lipinski definition) is 2. The van der Waals surface area contributed by atoms with Crippen molar-refractivity contribution >= 4 is 28.3 Å². The summed E-state index contributed by atoms with van der Waals surface area (Å²) in [6, 6.07) is 9.25. The van der Waals surface area contributed by atoms with Gasteiger partial charge < -0.3 is 5.32 Å². The molecule has 1 aromatic carbocycles. The lowest BCUT2D eigenvalue weighted by Crippen LogP contribution is -2.36. The van der Waals surface area contributed by atoms with E-state index in [1.54, 1.807) is 0 Å². The summed E-state index contributed by atoms with van der Waals surface area (Å²) in [6.45, 7) is 5.96. The molecule has 1 heterocycles. The summed E-state index contributed by atoms with van der Waals surface area (Å²) in [7, 11) is 2.05. The Morgan fingerprint density at radius 1 is 1.35 bits per heavy atom. The monoisotopic (exact) mass is 360 g/mol. The Kier molecular flexibility index (Phi) is 8.11. The minimum atomic E-state index is 0. The highest BCUT2D eigenvalue weighted by molar-refractivity contribution is 9.10. The lowest BCUT2D eigenvalue weighted by atomic mass is 9.92. The zero-order chi connectivity index (χ0) is 13.7. The molecule has 1 N–H and O–H groups in total. The van der Waals surface area contributed by atoms with Crippen molar-refractivity contribution in [3.05, 3.63) is 34.3 Å². The van der Waals surface area contributed by atoms with Crippen molar-refractivity contribution in [2.45, 2.75) is 32.2 Å². The molecule has 1 unspecified atom stereocenters. The quantitative estimate of drug-likeness (QED) is 0.843. The maximum atomic E-state index is 3.57. The van der Waals surface area contributed by atoms with E-state index in [-0.39, 0.29) is 12.4 Å². The highest BCUT2D eigenvalue weighted by Crippen LogP contribution is 2.28. The Morgan fingerprint density at radius 2 is 2.05 bits per heavy atom. The topological polar surface area (TPSA) is 15.3 Å². The van der Waals surface area contributed by atoms with Gasteiger partial charge in [-0.1, -0.05) is 28.1 Å². The molecule has 1 saturated heterocycles. The molecule has 1 aliphatic rings. The summed E-state index contributed by atoms with van der Waals surface area (Å²) >= 11 is 3.57. The molecule has 0 saturated carbocycles. The summed E-state index contributed by atoms with van der Waals surface area (Å²) < 4.78 is 1.18. The van der Waals surface area contributed by atoms with Gasteiger partial charge in [0.05, 0.1) is 0 Å². The number of rotatable bonds is 5. The van der Waals surface area contributed by atoms with E-state index < -0.39 is 0 Å². The fourth-order valence-corrected chi connectivity index (χ4v) is 3.37. The number of hydrogen-bond donors (Lipinski definition) is 1. The lowest BCUT2D eigenvalue weighted by Gasteiger charge is -2.36. The molecule has 2 rings (SSSR count). The average Bonchev–Trinajstić information content (AvgIpc) is 2.45. The average molecular weight is 362 g/mol. The van der Waals surface area contributed by atoms with E-state index in [4.69, 9.17) is 0 Å². The number of nitrogens with one attached hydrogen (secondary N) is 1. The van der Waals surface area contributed by atoms with Gasteiger partial charge in [-0.15, -0.1) is 12.4 Å². The van der Waals surface area contributed by atoms with Gasteiger partial charge in [0.1, 0.15) is 0 Å². The largest absolute Gasteiger partial charge is 0.320 e. The number of nitrogens with zero attached hydrogens (tertiary/aromatic N) is 1. The molecule has 20 heavy (non-hydrogen) atoms. The lowest BCUT2D eigenvalue weighted by molar-refractivity contribution is 0.137. The van der Waals surface area contributed by atoms with Gasteiger partial charge in [-0.3, -0.25) is 4.90 Å². The van der Waals surface area contributed by atoms with E-state index in [1.807, 2.05) is 7.05 Å². The third kappa shape index (κ3) is 5.03. The third-order valence-electron chi connectivity index (χ3n) is 4.33. The molecule has 0 aromatic heterocycles. The Bertz CT molecular complexity index is 392. The van der Waals surface area contributed by atoms with Crippen LogP contribution in [0.25, 0.3) is 0 Å². The second kappa shape index (κ2) is 9.04. The Balaban J connectivity index is 0.00000200. The molecule has 4 heteroatoms. The van der Waals surface area contributed by atoms with Crippen LogP contribution >= 0.6 is 28.3 Å². The van der Waals surface area contributed by atoms with Crippen LogP contribution in [-0.2, 0) is 0 Å². The fraction of sp³-hybridized carbons (Fsp3) is 0.625. The summed E-state index contributed by atoms with van der Waals surface area (Å²) in [4.78, 5) is 2.62. The summed E-state index contributed by atoms with van der Waals surface area (Å²) in [5.41, 5.74) is 1.42. The van der Waals surface area contributed by atoms with Gasteiger partial charge in [-0.2, -0.15) is 0 Å². The van der Waals surface area contributed by atoms with Crippen LogP contribution in [0.4, 0.5) is 0 Å². The SMILES string of the molecule is CNCCC1CCN(C(C)c2cccc(Br)c2)CC1.Cl. The van der Waals surface area contributed by atoms with Gasteiger partial charge in [-0.05, 0) is 76.5 Å². The Hall–Kier alpha value is -0.0900. The Morgan fingerprint density at radius 3 is 2.65 bits per heavy atom. The minimum absolute atomic E-state index is 0. The molecule has 0 spiro atoms.